The first-order valence-corrected chi connectivity index (χ1v) is 7.27. The van der Waals surface area contributed by atoms with Gasteiger partial charge >= 0.3 is 5.97 Å². The Morgan fingerprint density at radius 3 is 2.90 bits per heavy atom. The Kier molecular flexibility index (Phi) is 3.68. The molecule has 0 spiro atoms. The molecule has 1 saturated heterocycles. The zero-order chi connectivity index (χ0) is 13.9. The molecule has 1 fully saturated rings. The molecule has 104 valence electrons. The fourth-order valence-electron chi connectivity index (χ4n) is 2.08. The molecule has 2 aromatic rings. The first kappa shape index (κ1) is 13.1. The largest absolute Gasteiger partial charge is 0.462 e. The quantitative estimate of drug-likeness (QED) is 0.795. The molecule has 0 bridgehead atoms. The van der Waals surface area contributed by atoms with Crippen LogP contribution < -0.4 is 0 Å². The second-order valence-corrected chi connectivity index (χ2v) is 5.86. The fraction of sp³-hybridized carbons (Fsp3) is 0.385. The summed E-state index contributed by atoms with van der Waals surface area (Å²) in [4.78, 5) is 11.7. The molecule has 0 saturated carbocycles. The predicted molar refractivity (Wildman–Crippen MR) is 73.2 cm³/mol. The molecule has 3 rings (SSSR count). The molecule has 0 radical (unpaired) electrons. The molecule has 0 aliphatic carbocycles. The summed E-state index contributed by atoms with van der Waals surface area (Å²) in [5.41, 5.74) is 1.11. The molecule has 7 heteroatoms. The van der Waals surface area contributed by atoms with Gasteiger partial charge in [0.25, 0.3) is 0 Å². The van der Waals surface area contributed by atoms with E-state index in [9.17, 15) is 4.79 Å². The summed E-state index contributed by atoms with van der Waals surface area (Å²) in [7, 11) is 0. The van der Waals surface area contributed by atoms with Crippen molar-refractivity contribution in [2.75, 3.05) is 0 Å². The third kappa shape index (κ3) is 2.82. The molecule has 1 aliphatic heterocycles. The van der Waals surface area contributed by atoms with E-state index >= 15 is 0 Å². The monoisotopic (exact) mass is 290 g/mol. The van der Waals surface area contributed by atoms with Crippen molar-refractivity contribution in [3.63, 3.8) is 0 Å². The van der Waals surface area contributed by atoms with Gasteiger partial charge < -0.3 is 4.74 Å². The molecule has 0 amide bonds. The molecule has 6 nitrogen and oxygen atoms in total. The number of hydrogen-bond donors (Lipinski definition) is 0. The van der Waals surface area contributed by atoms with Crippen molar-refractivity contribution in [1.29, 1.82) is 0 Å². The van der Waals surface area contributed by atoms with Crippen molar-refractivity contribution >= 4 is 17.7 Å². The normalized spacial score (nSPS) is 21.9. The Hall–Kier alpha value is -1.89. The lowest BCUT2D eigenvalue weighted by atomic mass is 10.2. The Balaban J connectivity index is 1.72. The zero-order valence-corrected chi connectivity index (χ0v) is 11.8. The van der Waals surface area contributed by atoms with Crippen molar-refractivity contribution in [3.8, 4) is 0 Å². The van der Waals surface area contributed by atoms with Gasteiger partial charge in [-0.25, -0.2) is 4.68 Å². The van der Waals surface area contributed by atoms with Gasteiger partial charge in [-0.05, 0) is 22.9 Å². The molecule has 1 aromatic carbocycles. The molecule has 20 heavy (non-hydrogen) atoms. The minimum Gasteiger partial charge on any atom is -0.462 e. The van der Waals surface area contributed by atoms with Crippen LogP contribution in [0.5, 0.6) is 0 Å². The average Bonchev–Trinajstić information content (AvgIpc) is 2.99. The molecule has 2 atom stereocenters. The fourth-order valence-corrected chi connectivity index (χ4v) is 3.16. The van der Waals surface area contributed by atoms with E-state index in [0.29, 0.717) is 18.1 Å². The van der Waals surface area contributed by atoms with Crippen LogP contribution in [0.3, 0.4) is 0 Å². The van der Waals surface area contributed by atoms with Gasteiger partial charge in [-0.3, -0.25) is 4.79 Å². The van der Waals surface area contributed by atoms with Gasteiger partial charge in [0.15, 0.2) is 0 Å². The van der Waals surface area contributed by atoms with E-state index in [0.717, 1.165) is 5.56 Å². The molecule has 0 N–H and O–H groups in total. The van der Waals surface area contributed by atoms with Gasteiger partial charge in [0.2, 0.25) is 5.16 Å². The number of nitrogens with zero attached hydrogens (tertiary/aromatic N) is 4. The standard InChI is InChI=1S/C13H14N4O2S/c1-9-7-11(12(18)19-9)20-13-14-15-16-17(13)8-10-5-3-2-4-6-10/h2-6,9,11H,7-8H2,1H3/t9-,11-/m1/s1. The van der Waals surface area contributed by atoms with Crippen LogP contribution in [0.15, 0.2) is 35.5 Å². The maximum Gasteiger partial charge on any atom is 0.319 e. The minimum atomic E-state index is -0.217. The highest BCUT2D eigenvalue weighted by molar-refractivity contribution is 8.00. The highest BCUT2D eigenvalue weighted by Gasteiger charge is 2.34. The van der Waals surface area contributed by atoms with E-state index in [-0.39, 0.29) is 17.3 Å². The molecule has 1 aliphatic rings. The third-order valence-corrected chi connectivity index (χ3v) is 4.22. The number of carbonyl (C=O) groups excluding carboxylic acids is 1. The summed E-state index contributed by atoms with van der Waals surface area (Å²) in [6.45, 7) is 2.49. The van der Waals surface area contributed by atoms with Crippen molar-refractivity contribution in [1.82, 2.24) is 20.2 Å². The lowest BCUT2D eigenvalue weighted by Gasteiger charge is -2.06. The van der Waals surface area contributed by atoms with Gasteiger partial charge in [0, 0.05) is 6.42 Å². The van der Waals surface area contributed by atoms with Gasteiger partial charge in [-0.2, -0.15) is 0 Å². The summed E-state index contributed by atoms with van der Waals surface area (Å²) < 4.78 is 6.85. The van der Waals surface area contributed by atoms with Crippen molar-refractivity contribution in [2.45, 2.75) is 36.4 Å². The van der Waals surface area contributed by atoms with Crippen LogP contribution in [-0.2, 0) is 16.1 Å². The molecular formula is C13H14N4O2S. The summed E-state index contributed by atoms with van der Waals surface area (Å²) in [6.07, 6.45) is 0.667. The van der Waals surface area contributed by atoms with E-state index in [1.807, 2.05) is 37.3 Å². The Bertz CT molecular complexity index is 601. The van der Waals surface area contributed by atoms with Crippen LogP contribution in [0.2, 0.25) is 0 Å². The number of rotatable bonds is 4. The number of cyclic esters (lactones) is 1. The Labute approximate surface area is 120 Å². The summed E-state index contributed by atoms with van der Waals surface area (Å²) in [5, 5.41) is 12.1. The van der Waals surface area contributed by atoms with E-state index in [1.54, 1.807) is 4.68 Å². The lowest BCUT2D eigenvalue weighted by Crippen LogP contribution is -2.12. The van der Waals surface area contributed by atoms with Gasteiger partial charge in [0.05, 0.1) is 6.54 Å². The number of tetrazole rings is 1. The molecule has 0 unspecified atom stereocenters. The van der Waals surface area contributed by atoms with Crippen LogP contribution in [0.4, 0.5) is 0 Å². The Morgan fingerprint density at radius 1 is 1.40 bits per heavy atom. The maximum absolute atomic E-state index is 11.7. The third-order valence-electron chi connectivity index (χ3n) is 3.05. The van der Waals surface area contributed by atoms with Gasteiger partial charge in [-0.1, -0.05) is 42.1 Å². The van der Waals surface area contributed by atoms with Crippen molar-refractivity contribution in [2.24, 2.45) is 0 Å². The predicted octanol–water partition coefficient (Wildman–Crippen LogP) is 1.52. The van der Waals surface area contributed by atoms with Crippen LogP contribution in [-0.4, -0.2) is 37.5 Å². The summed E-state index contributed by atoms with van der Waals surface area (Å²) in [6, 6.07) is 9.95. The van der Waals surface area contributed by atoms with Crippen molar-refractivity contribution < 1.29 is 9.53 Å². The SMILES string of the molecule is C[C@@H]1C[C@@H](Sc2nnnn2Cc2ccccc2)C(=O)O1. The van der Waals surface area contributed by atoms with E-state index in [1.165, 1.54) is 11.8 Å². The van der Waals surface area contributed by atoms with Crippen LogP contribution in [0.25, 0.3) is 0 Å². The highest BCUT2D eigenvalue weighted by atomic mass is 32.2. The lowest BCUT2D eigenvalue weighted by molar-refractivity contribution is -0.140. The highest BCUT2D eigenvalue weighted by Crippen LogP contribution is 2.30. The minimum absolute atomic E-state index is 0.0292. The molecular weight excluding hydrogens is 276 g/mol. The number of ether oxygens (including phenoxy) is 1. The number of benzene rings is 1. The summed E-state index contributed by atoms with van der Waals surface area (Å²) >= 11 is 1.37. The maximum atomic E-state index is 11.7. The first-order valence-electron chi connectivity index (χ1n) is 6.39. The van der Waals surface area contributed by atoms with Crippen LogP contribution >= 0.6 is 11.8 Å². The number of esters is 1. The zero-order valence-electron chi connectivity index (χ0n) is 11.0. The van der Waals surface area contributed by atoms with Crippen molar-refractivity contribution in [3.05, 3.63) is 35.9 Å². The summed E-state index contributed by atoms with van der Waals surface area (Å²) in [5.74, 6) is -0.184. The smallest absolute Gasteiger partial charge is 0.319 e. The second kappa shape index (κ2) is 5.62. The molecule has 1 aromatic heterocycles. The Morgan fingerprint density at radius 2 is 2.20 bits per heavy atom. The van der Waals surface area contributed by atoms with Gasteiger partial charge in [0.1, 0.15) is 11.4 Å². The van der Waals surface area contributed by atoms with Crippen LogP contribution in [0, 0.1) is 0 Å². The topological polar surface area (TPSA) is 69.9 Å². The average molecular weight is 290 g/mol. The van der Waals surface area contributed by atoms with Gasteiger partial charge in [-0.15, -0.1) is 5.10 Å². The van der Waals surface area contributed by atoms with Crippen LogP contribution in [0.1, 0.15) is 18.9 Å². The number of hydrogen-bond acceptors (Lipinski definition) is 6. The number of carbonyl (C=O) groups is 1. The van der Waals surface area contributed by atoms with E-state index in [4.69, 9.17) is 4.74 Å². The first-order chi connectivity index (χ1) is 9.72. The van der Waals surface area contributed by atoms with E-state index in [2.05, 4.69) is 15.5 Å². The number of aromatic nitrogens is 4. The van der Waals surface area contributed by atoms with E-state index < -0.39 is 0 Å². The molecule has 2 heterocycles. The second-order valence-electron chi connectivity index (χ2n) is 4.69. The number of thioether (sulfide) groups is 1.